The molecule has 0 aromatic heterocycles. The Labute approximate surface area is 75.4 Å². The van der Waals surface area contributed by atoms with E-state index in [1.54, 1.807) is 21.3 Å². The highest BCUT2D eigenvalue weighted by molar-refractivity contribution is 6.60. The van der Waals surface area contributed by atoms with Gasteiger partial charge in [-0.15, -0.1) is 0 Å². The van der Waals surface area contributed by atoms with Crippen LogP contribution in [-0.4, -0.2) is 36.2 Å². The molecule has 0 saturated heterocycles. The van der Waals surface area contributed by atoms with Crippen LogP contribution >= 0.6 is 0 Å². The molecule has 0 amide bonds. The third-order valence-electron chi connectivity index (χ3n) is 1.84. The van der Waals surface area contributed by atoms with E-state index in [9.17, 15) is 0 Å². The number of hydrogen-bond acceptors (Lipinski definition) is 4. The minimum atomic E-state index is -2.36. The Morgan fingerprint density at radius 1 is 1.17 bits per heavy atom. The summed E-state index contributed by atoms with van der Waals surface area (Å²) in [5.41, 5.74) is 5.62. The van der Waals surface area contributed by atoms with Crippen molar-refractivity contribution < 1.29 is 13.3 Å². The molecule has 0 rings (SSSR count). The van der Waals surface area contributed by atoms with E-state index in [1.165, 1.54) is 0 Å². The highest BCUT2D eigenvalue weighted by Crippen LogP contribution is 2.15. The zero-order valence-corrected chi connectivity index (χ0v) is 9.29. The summed E-state index contributed by atoms with van der Waals surface area (Å²) in [6, 6.07) is 0.936. The topological polar surface area (TPSA) is 53.7 Å². The monoisotopic (exact) mass is 193 g/mol. The van der Waals surface area contributed by atoms with E-state index in [0.29, 0.717) is 0 Å². The molecule has 0 bridgehead atoms. The second kappa shape index (κ2) is 5.66. The van der Waals surface area contributed by atoms with Crippen LogP contribution in [0.1, 0.15) is 13.3 Å². The predicted octanol–water partition coefficient (Wildman–Crippen LogP) is 0.602. The maximum absolute atomic E-state index is 5.62. The molecule has 0 heterocycles. The lowest BCUT2D eigenvalue weighted by Gasteiger charge is -2.24. The van der Waals surface area contributed by atoms with Crippen molar-refractivity contribution in [1.82, 2.24) is 0 Å². The smallest absolute Gasteiger partial charge is 0.377 e. The lowest BCUT2D eigenvalue weighted by molar-refractivity contribution is 0.122. The molecule has 0 aromatic rings. The van der Waals surface area contributed by atoms with E-state index in [4.69, 9.17) is 19.0 Å². The molecule has 0 aliphatic carbocycles. The van der Waals surface area contributed by atoms with Crippen LogP contribution in [-0.2, 0) is 13.3 Å². The average Bonchev–Trinajstić information content (AvgIpc) is 2.08. The van der Waals surface area contributed by atoms with Crippen molar-refractivity contribution in [2.45, 2.75) is 25.4 Å². The highest BCUT2D eigenvalue weighted by atomic mass is 28.4. The Hall–Kier alpha value is 0.0569. The van der Waals surface area contributed by atoms with Gasteiger partial charge in [0.05, 0.1) is 0 Å². The van der Waals surface area contributed by atoms with Crippen LogP contribution in [0.25, 0.3) is 0 Å². The zero-order valence-electron chi connectivity index (χ0n) is 8.29. The molecule has 0 aliphatic rings. The van der Waals surface area contributed by atoms with Crippen molar-refractivity contribution in [3.63, 3.8) is 0 Å². The third kappa shape index (κ3) is 3.64. The molecular weight excluding hydrogens is 174 g/mol. The normalized spacial score (nSPS) is 14.8. The standard InChI is InChI=1S/C7H19NO3Si/c1-7(8)5-6-12(9-2,10-3)11-4/h7H,5-6,8H2,1-4H3. The van der Waals surface area contributed by atoms with Crippen LogP contribution in [0.15, 0.2) is 0 Å². The summed E-state index contributed by atoms with van der Waals surface area (Å²) in [6.45, 7) is 1.96. The van der Waals surface area contributed by atoms with Gasteiger partial charge in [-0.2, -0.15) is 0 Å². The summed E-state index contributed by atoms with van der Waals surface area (Å²) < 4.78 is 15.7. The molecular formula is C7H19NO3Si. The van der Waals surface area contributed by atoms with Gasteiger partial charge in [0.1, 0.15) is 0 Å². The maximum Gasteiger partial charge on any atom is 0.500 e. The van der Waals surface area contributed by atoms with Crippen LogP contribution in [0.3, 0.4) is 0 Å². The molecule has 4 nitrogen and oxygen atoms in total. The fourth-order valence-electron chi connectivity index (χ4n) is 0.961. The lowest BCUT2D eigenvalue weighted by Crippen LogP contribution is -2.43. The van der Waals surface area contributed by atoms with Gasteiger partial charge < -0.3 is 19.0 Å². The molecule has 12 heavy (non-hydrogen) atoms. The van der Waals surface area contributed by atoms with Gasteiger partial charge in [-0.3, -0.25) is 0 Å². The summed E-state index contributed by atoms with van der Waals surface area (Å²) in [6.07, 6.45) is 0.863. The van der Waals surface area contributed by atoms with E-state index in [-0.39, 0.29) is 6.04 Å². The Bertz CT molecular complexity index is 109. The van der Waals surface area contributed by atoms with E-state index in [2.05, 4.69) is 0 Å². The number of nitrogens with two attached hydrogens (primary N) is 1. The van der Waals surface area contributed by atoms with E-state index in [0.717, 1.165) is 12.5 Å². The molecule has 0 aromatic carbocycles. The van der Waals surface area contributed by atoms with Crippen LogP contribution in [0, 0.1) is 0 Å². The quantitative estimate of drug-likeness (QED) is 0.628. The van der Waals surface area contributed by atoms with Crippen molar-refractivity contribution in [1.29, 1.82) is 0 Å². The van der Waals surface area contributed by atoms with Crippen LogP contribution in [0.5, 0.6) is 0 Å². The Morgan fingerprint density at radius 3 is 1.83 bits per heavy atom. The molecule has 0 radical (unpaired) electrons. The van der Waals surface area contributed by atoms with E-state index < -0.39 is 8.80 Å². The van der Waals surface area contributed by atoms with Crippen LogP contribution < -0.4 is 5.73 Å². The van der Waals surface area contributed by atoms with Crippen molar-refractivity contribution in [2.75, 3.05) is 21.3 Å². The van der Waals surface area contributed by atoms with Gasteiger partial charge in [0.15, 0.2) is 0 Å². The fraction of sp³-hybridized carbons (Fsp3) is 1.00. The Kier molecular flexibility index (Phi) is 5.69. The van der Waals surface area contributed by atoms with Crippen molar-refractivity contribution in [3.8, 4) is 0 Å². The number of hydrogen-bond donors (Lipinski definition) is 1. The molecule has 5 heteroatoms. The largest absolute Gasteiger partial charge is 0.500 e. The second-order valence-corrected chi connectivity index (χ2v) is 5.90. The second-order valence-electron chi connectivity index (χ2n) is 2.81. The molecule has 0 fully saturated rings. The van der Waals surface area contributed by atoms with Crippen molar-refractivity contribution in [2.24, 2.45) is 5.73 Å². The number of rotatable bonds is 6. The average molecular weight is 193 g/mol. The Balaban J connectivity index is 3.93. The van der Waals surface area contributed by atoms with Gasteiger partial charge in [0.25, 0.3) is 0 Å². The van der Waals surface area contributed by atoms with Gasteiger partial charge in [-0.05, 0) is 13.3 Å². The van der Waals surface area contributed by atoms with Gasteiger partial charge >= 0.3 is 8.80 Å². The lowest BCUT2D eigenvalue weighted by atomic mass is 10.3. The summed E-state index contributed by atoms with van der Waals surface area (Å²) in [5.74, 6) is 0. The zero-order chi connectivity index (χ0) is 9.61. The van der Waals surface area contributed by atoms with Gasteiger partial charge in [-0.25, -0.2) is 0 Å². The predicted molar refractivity (Wildman–Crippen MR) is 49.9 cm³/mol. The molecule has 0 aliphatic heterocycles. The molecule has 74 valence electrons. The minimum absolute atomic E-state index is 0.164. The molecule has 0 spiro atoms. The van der Waals surface area contributed by atoms with E-state index in [1.807, 2.05) is 6.92 Å². The first-order valence-corrected chi connectivity index (χ1v) is 5.94. The molecule has 0 saturated carbocycles. The maximum atomic E-state index is 5.62. The van der Waals surface area contributed by atoms with Gasteiger partial charge in [-0.1, -0.05) is 0 Å². The first-order chi connectivity index (χ1) is 5.60. The summed E-state index contributed by atoms with van der Waals surface area (Å²) in [7, 11) is 2.47. The van der Waals surface area contributed by atoms with Crippen molar-refractivity contribution >= 4 is 8.80 Å². The molecule has 2 N–H and O–H groups in total. The third-order valence-corrected chi connectivity index (χ3v) is 4.61. The van der Waals surface area contributed by atoms with Crippen LogP contribution in [0.4, 0.5) is 0 Å². The van der Waals surface area contributed by atoms with Gasteiger partial charge in [0, 0.05) is 33.4 Å². The SMILES string of the molecule is CO[Si](CCC(C)N)(OC)OC. The summed E-state index contributed by atoms with van der Waals surface area (Å²) >= 11 is 0. The van der Waals surface area contributed by atoms with Crippen LogP contribution in [0.2, 0.25) is 6.04 Å². The van der Waals surface area contributed by atoms with E-state index >= 15 is 0 Å². The molecule has 1 unspecified atom stereocenters. The highest BCUT2D eigenvalue weighted by Gasteiger charge is 2.37. The van der Waals surface area contributed by atoms with Crippen molar-refractivity contribution in [3.05, 3.63) is 0 Å². The fourth-order valence-corrected chi connectivity index (χ4v) is 2.88. The molecule has 1 atom stereocenters. The Morgan fingerprint density at radius 2 is 1.58 bits per heavy atom. The van der Waals surface area contributed by atoms with Gasteiger partial charge in [0.2, 0.25) is 0 Å². The minimum Gasteiger partial charge on any atom is -0.377 e. The summed E-state index contributed by atoms with van der Waals surface area (Å²) in [5, 5.41) is 0. The first-order valence-electron chi connectivity index (χ1n) is 4.01. The summed E-state index contributed by atoms with van der Waals surface area (Å²) in [4.78, 5) is 0. The first kappa shape index (κ1) is 12.1.